The van der Waals surface area contributed by atoms with Crippen LogP contribution in [0.25, 0.3) is 0 Å². The van der Waals surface area contributed by atoms with Gasteiger partial charge in [-0.2, -0.15) is 0 Å². The quantitative estimate of drug-likeness (QED) is 0.838. The molecule has 3 nitrogen and oxygen atoms in total. The summed E-state index contributed by atoms with van der Waals surface area (Å²) in [5.41, 5.74) is 1.73. The summed E-state index contributed by atoms with van der Waals surface area (Å²) in [5.74, 6) is -0.167. The molecule has 1 N–H and O–H groups in total. The number of thiazole rings is 1. The van der Waals surface area contributed by atoms with Crippen molar-refractivity contribution in [2.75, 3.05) is 18.5 Å². The summed E-state index contributed by atoms with van der Waals surface area (Å²) in [5, 5.41) is 6.41. The molecule has 0 bridgehead atoms. The molecule has 1 unspecified atom stereocenters. The van der Waals surface area contributed by atoms with Crippen LogP contribution >= 0.6 is 11.3 Å². The first-order chi connectivity index (χ1) is 10.1. The molecule has 21 heavy (non-hydrogen) atoms. The van der Waals surface area contributed by atoms with Gasteiger partial charge in [0.05, 0.1) is 5.69 Å². The molecule has 0 amide bonds. The van der Waals surface area contributed by atoms with Gasteiger partial charge in [0.25, 0.3) is 0 Å². The lowest BCUT2D eigenvalue weighted by Gasteiger charge is -2.16. The van der Waals surface area contributed by atoms with Crippen molar-refractivity contribution in [1.29, 1.82) is 0 Å². The van der Waals surface area contributed by atoms with Gasteiger partial charge in [-0.1, -0.05) is 25.1 Å². The molecule has 1 atom stereocenters. The van der Waals surface area contributed by atoms with Crippen molar-refractivity contribution < 1.29 is 4.39 Å². The van der Waals surface area contributed by atoms with Crippen molar-refractivity contribution in [3.8, 4) is 0 Å². The number of hydrogen-bond acceptors (Lipinski definition) is 4. The van der Waals surface area contributed by atoms with E-state index in [1.165, 1.54) is 6.07 Å². The van der Waals surface area contributed by atoms with Crippen LogP contribution < -0.4 is 10.2 Å². The Morgan fingerprint density at radius 2 is 2.14 bits per heavy atom. The van der Waals surface area contributed by atoms with Gasteiger partial charge in [-0.15, -0.1) is 11.3 Å². The van der Waals surface area contributed by atoms with E-state index in [0.717, 1.165) is 23.8 Å². The molecule has 114 valence electrons. The van der Waals surface area contributed by atoms with Gasteiger partial charge in [-0.3, -0.25) is 0 Å². The first-order valence-electron chi connectivity index (χ1n) is 7.25. The molecule has 1 aromatic carbocycles. The van der Waals surface area contributed by atoms with E-state index in [9.17, 15) is 4.39 Å². The van der Waals surface area contributed by atoms with Gasteiger partial charge in [0.1, 0.15) is 5.82 Å². The van der Waals surface area contributed by atoms with Crippen LogP contribution in [0.3, 0.4) is 0 Å². The highest BCUT2D eigenvalue weighted by Gasteiger charge is 2.13. The van der Waals surface area contributed by atoms with Crippen molar-refractivity contribution >= 4 is 16.5 Å². The zero-order valence-electron chi connectivity index (χ0n) is 12.8. The minimum Gasteiger partial charge on any atom is -0.347 e. The molecule has 0 saturated heterocycles. The Hall–Kier alpha value is -1.46. The lowest BCUT2D eigenvalue weighted by Crippen LogP contribution is -2.20. The van der Waals surface area contributed by atoms with Crippen LogP contribution in [-0.2, 0) is 6.54 Å². The fraction of sp³-hybridized carbons (Fsp3) is 0.438. The number of nitrogens with one attached hydrogen (secondary N) is 1. The smallest absolute Gasteiger partial charge is 0.185 e. The van der Waals surface area contributed by atoms with Gasteiger partial charge < -0.3 is 10.2 Å². The third-order valence-electron chi connectivity index (χ3n) is 3.35. The summed E-state index contributed by atoms with van der Waals surface area (Å²) in [4.78, 5) is 6.63. The van der Waals surface area contributed by atoms with E-state index < -0.39 is 0 Å². The molecule has 1 heterocycles. The first-order valence-corrected chi connectivity index (χ1v) is 8.13. The summed E-state index contributed by atoms with van der Waals surface area (Å²) in [6.07, 6.45) is 1.11. The van der Waals surface area contributed by atoms with Crippen LogP contribution in [0.5, 0.6) is 0 Å². The van der Waals surface area contributed by atoms with E-state index in [4.69, 9.17) is 0 Å². The number of nitrogens with zero attached hydrogens (tertiary/aromatic N) is 2. The molecule has 0 fully saturated rings. The monoisotopic (exact) mass is 307 g/mol. The van der Waals surface area contributed by atoms with Gasteiger partial charge in [0.2, 0.25) is 0 Å². The topological polar surface area (TPSA) is 28.2 Å². The molecule has 1 aromatic heterocycles. The predicted molar refractivity (Wildman–Crippen MR) is 87.3 cm³/mol. The van der Waals surface area contributed by atoms with Crippen LogP contribution in [0.15, 0.2) is 29.6 Å². The molecule has 5 heteroatoms. The number of anilines is 1. The summed E-state index contributed by atoms with van der Waals surface area (Å²) in [6, 6.07) is 7.12. The van der Waals surface area contributed by atoms with E-state index in [1.54, 1.807) is 17.4 Å². The Morgan fingerprint density at radius 1 is 1.38 bits per heavy atom. The van der Waals surface area contributed by atoms with Crippen molar-refractivity contribution in [2.45, 2.75) is 32.9 Å². The summed E-state index contributed by atoms with van der Waals surface area (Å²) >= 11 is 1.60. The molecule has 0 aliphatic rings. The average molecular weight is 307 g/mol. The van der Waals surface area contributed by atoms with Crippen LogP contribution in [0.1, 0.15) is 37.6 Å². The average Bonchev–Trinajstić information content (AvgIpc) is 2.97. The largest absolute Gasteiger partial charge is 0.347 e. The van der Waals surface area contributed by atoms with Gasteiger partial charge >= 0.3 is 0 Å². The second kappa shape index (κ2) is 7.52. The van der Waals surface area contributed by atoms with Crippen LogP contribution in [0, 0.1) is 5.82 Å². The zero-order valence-corrected chi connectivity index (χ0v) is 13.6. The molecule has 2 rings (SSSR count). The predicted octanol–water partition coefficient (Wildman–Crippen LogP) is 3.98. The lowest BCUT2D eigenvalue weighted by molar-refractivity contribution is 0.560. The van der Waals surface area contributed by atoms with Gasteiger partial charge in [0, 0.05) is 30.6 Å². The van der Waals surface area contributed by atoms with Crippen molar-refractivity contribution in [1.82, 2.24) is 10.3 Å². The maximum atomic E-state index is 13.7. The Bertz CT molecular complexity index is 570. The maximum Gasteiger partial charge on any atom is 0.185 e. The Kier molecular flexibility index (Phi) is 5.70. The molecule has 0 saturated carbocycles. The Labute approximate surface area is 129 Å². The molecular formula is C16H22FN3S. The van der Waals surface area contributed by atoms with E-state index in [2.05, 4.69) is 29.5 Å². The van der Waals surface area contributed by atoms with Gasteiger partial charge in [0.15, 0.2) is 5.13 Å². The summed E-state index contributed by atoms with van der Waals surface area (Å²) in [7, 11) is 1.94. The molecule has 0 aliphatic heterocycles. The standard InChI is InChI=1S/C16H22FN3S/c1-4-9-18-12(2)15-11-21-16(19-15)20(3)10-13-7-5-6-8-14(13)17/h5-8,11-12,18H,4,9-10H2,1-3H3. The fourth-order valence-corrected chi connectivity index (χ4v) is 2.95. The highest BCUT2D eigenvalue weighted by molar-refractivity contribution is 7.13. The fourth-order valence-electron chi connectivity index (χ4n) is 2.07. The Balaban J connectivity index is 2.02. The van der Waals surface area contributed by atoms with Crippen molar-refractivity contribution in [2.24, 2.45) is 0 Å². The normalized spacial score (nSPS) is 12.4. The highest BCUT2D eigenvalue weighted by Crippen LogP contribution is 2.24. The molecule has 0 radical (unpaired) electrons. The third-order valence-corrected chi connectivity index (χ3v) is 4.32. The lowest BCUT2D eigenvalue weighted by atomic mass is 10.2. The van der Waals surface area contributed by atoms with Crippen molar-refractivity contribution in [3.63, 3.8) is 0 Å². The van der Waals surface area contributed by atoms with Gasteiger partial charge in [-0.25, -0.2) is 9.37 Å². The van der Waals surface area contributed by atoms with Crippen LogP contribution in [0.4, 0.5) is 9.52 Å². The first kappa shape index (κ1) is 15.9. The number of hydrogen-bond donors (Lipinski definition) is 1. The number of aromatic nitrogens is 1. The highest BCUT2D eigenvalue weighted by atomic mass is 32.1. The molecule has 2 aromatic rings. The summed E-state index contributed by atoms with van der Waals surface area (Å²) in [6.45, 7) is 5.77. The second-order valence-corrected chi connectivity index (χ2v) is 6.01. The zero-order chi connectivity index (χ0) is 15.2. The van der Waals surface area contributed by atoms with Crippen LogP contribution in [0.2, 0.25) is 0 Å². The van der Waals surface area contributed by atoms with E-state index in [-0.39, 0.29) is 11.9 Å². The molecule has 0 spiro atoms. The second-order valence-electron chi connectivity index (χ2n) is 5.18. The minimum atomic E-state index is -0.167. The van der Waals surface area contributed by atoms with Gasteiger partial charge in [-0.05, 0) is 26.0 Å². The maximum absolute atomic E-state index is 13.7. The number of rotatable bonds is 7. The molecular weight excluding hydrogens is 285 g/mol. The summed E-state index contributed by atoms with van der Waals surface area (Å²) < 4.78 is 13.7. The third kappa shape index (κ3) is 4.25. The van der Waals surface area contributed by atoms with E-state index >= 15 is 0 Å². The number of benzene rings is 1. The van der Waals surface area contributed by atoms with E-state index in [1.807, 2.05) is 24.1 Å². The van der Waals surface area contributed by atoms with Crippen LogP contribution in [-0.4, -0.2) is 18.6 Å². The minimum absolute atomic E-state index is 0.167. The van der Waals surface area contributed by atoms with E-state index in [0.29, 0.717) is 12.1 Å². The van der Waals surface area contributed by atoms with Crippen molar-refractivity contribution in [3.05, 3.63) is 46.7 Å². The molecule has 0 aliphatic carbocycles. The Morgan fingerprint density at radius 3 is 2.86 bits per heavy atom. The number of halogens is 1. The SMILES string of the molecule is CCCNC(C)c1csc(N(C)Cc2ccccc2F)n1.